The van der Waals surface area contributed by atoms with E-state index in [1.54, 1.807) is 12.1 Å². The summed E-state index contributed by atoms with van der Waals surface area (Å²) in [6.07, 6.45) is 0.786. The van der Waals surface area contributed by atoms with Crippen molar-refractivity contribution in [3.05, 3.63) is 18.2 Å². The molecule has 7 nitrogen and oxygen atoms in total. The van der Waals surface area contributed by atoms with Crippen LogP contribution in [0.25, 0.3) is 0 Å². The average Bonchev–Trinajstić information content (AvgIpc) is 2.61. The first-order valence-electron chi connectivity index (χ1n) is 8.89. The number of hydrogen-bond acceptors (Lipinski definition) is 6. The first-order chi connectivity index (χ1) is 12.1. The van der Waals surface area contributed by atoms with Crippen molar-refractivity contribution in [3.63, 3.8) is 0 Å². The van der Waals surface area contributed by atoms with Gasteiger partial charge in [0.05, 0.1) is 18.1 Å². The highest BCUT2D eigenvalue weighted by Gasteiger charge is 2.17. The first-order valence-corrected chi connectivity index (χ1v) is 10.4. The van der Waals surface area contributed by atoms with Crippen LogP contribution in [0.5, 0.6) is 11.5 Å². The molecule has 0 unspecified atom stereocenters. The summed E-state index contributed by atoms with van der Waals surface area (Å²) in [7, 11) is -3.55. The number of benzene rings is 1. The monoisotopic (exact) mass is 443 g/mol. The fraction of sp³-hybridized carbons (Fsp3) is 0.647. The number of halogens is 2. The largest absolute Gasteiger partial charge is 0.490 e. The Labute approximate surface area is 175 Å². The van der Waals surface area contributed by atoms with Crippen molar-refractivity contribution >= 4 is 34.8 Å². The summed E-state index contributed by atoms with van der Waals surface area (Å²) < 4.78 is 38.6. The molecular formula is C17H31Cl2N3O4S. The highest BCUT2D eigenvalue weighted by atomic mass is 35.5. The lowest BCUT2D eigenvalue weighted by atomic mass is 10.3. The molecular weight excluding hydrogens is 413 g/mol. The maximum atomic E-state index is 12.5. The molecule has 0 aliphatic carbocycles. The van der Waals surface area contributed by atoms with E-state index in [9.17, 15) is 8.42 Å². The van der Waals surface area contributed by atoms with Crippen LogP contribution in [0.1, 0.15) is 20.3 Å². The Morgan fingerprint density at radius 1 is 1.07 bits per heavy atom. The molecule has 2 rings (SSSR count). The normalized spacial score (nSPS) is 14.7. The van der Waals surface area contributed by atoms with Gasteiger partial charge in [0.2, 0.25) is 10.0 Å². The lowest BCUT2D eigenvalue weighted by molar-refractivity contribution is 0.239. The van der Waals surface area contributed by atoms with Gasteiger partial charge in [-0.2, -0.15) is 0 Å². The molecule has 158 valence electrons. The fourth-order valence-corrected chi connectivity index (χ4v) is 3.81. The zero-order valence-electron chi connectivity index (χ0n) is 15.9. The van der Waals surface area contributed by atoms with Crippen LogP contribution in [0.15, 0.2) is 23.1 Å². The van der Waals surface area contributed by atoms with Gasteiger partial charge in [0.25, 0.3) is 0 Å². The lowest BCUT2D eigenvalue weighted by Crippen LogP contribution is -2.44. The molecule has 10 heteroatoms. The third-order valence-electron chi connectivity index (χ3n) is 3.98. The molecule has 0 spiro atoms. The third kappa shape index (κ3) is 8.41. The number of hydrogen-bond donors (Lipinski definition) is 2. The molecule has 0 saturated carbocycles. The van der Waals surface area contributed by atoms with E-state index in [0.29, 0.717) is 31.3 Å². The first kappa shape index (κ1) is 26.2. The number of piperazine rings is 1. The predicted octanol–water partition coefficient (Wildman–Crippen LogP) is 1.90. The van der Waals surface area contributed by atoms with Crippen molar-refractivity contribution < 1.29 is 17.9 Å². The Morgan fingerprint density at radius 2 is 1.70 bits per heavy atom. The van der Waals surface area contributed by atoms with Crippen LogP contribution in [0.3, 0.4) is 0 Å². The van der Waals surface area contributed by atoms with E-state index in [1.807, 2.05) is 13.8 Å². The second-order valence-electron chi connectivity index (χ2n) is 5.82. The molecule has 0 bridgehead atoms. The third-order valence-corrected chi connectivity index (χ3v) is 5.44. The van der Waals surface area contributed by atoms with Crippen molar-refractivity contribution in [2.45, 2.75) is 25.2 Å². The van der Waals surface area contributed by atoms with Gasteiger partial charge in [-0.1, -0.05) is 0 Å². The SMILES string of the molecule is CCOc1ccc(S(=O)(=O)NCCCN2CCNCC2)cc1OCC.Cl.Cl. The van der Waals surface area contributed by atoms with Crippen molar-refractivity contribution in [2.75, 3.05) is 52.5 Å². The minimum absolute atomic E-state index is 0. The molecule has 27 heavy (non-hydrogen) atoms. The summed E-state index contributed by atoms with van der Waals surface area (Å²) in [4.78, 5) is 2.54. The predicted molar refractivity (Wildman–Crippen MR) is 112 cm³/mol. The van der Waals surface area contributed by atoms with E-state index in [0.717, 1.165) is 39.1 Å². The Kier molecular flexibility index (Phi) is 13.0. The highest BCUT2D eigenvalue weighted by molar-refractivity contribution is 7.89. The van der Waals surface area contributed by atoms with Crippen molar-refractivity contribution in [2.24, 2.45) is 0 Å². The second kappa shape index (κ2) is 13.4. The number of nitrogens with zero attached hydrogens (tertiary/aromatic N) is 1. The summed E-state index contributed by atoms with van der Waals surface area (Å²) in [5, 5.41) is 3.30. The lowest BCUT2D eigenvalue weighted by Gasteiger charge is -2.27. The molecule has 1 aromatic rings. The minimum Gasteiger partial charge on any atom is -0.490 e. The Hall–Kier alpha value is -0.770. The molecule has 1 aliphatic rings. The van der Waals surface area contributed by atoms with E-state index in [4.69, 9.17) is 9.47 Å². The summed E-state index contributed by atoms with van der Waals surface area (Å²) in [6, 6.07) is 4.71. The molecule has 2 N–H and O–H groups in total. The average molecular weight is 444 g/mol. The van der Waals surface area contributed by atoms with Gasteiger partial charge in [-0.3, -0.25) is 0 Å². The zero-order chi connectivity index (χ0) is 18.1. The van der Waals surface area contributed by atoms with Crippen molar-refractivity contribution in [3.8, 4) is 11.5 Å². The smallest absolute Gasteiger partial charge is 0.240 e. The van der Waals surface area contributed by atoms with Crippen LogP contribution in [-0.4, -0.2) is 65.8 Å². The topological polar surface area (TPSA) is 79.9 Å². The van der Waals surface area contributed by atoms with Crippen LogP contribution in [0.4, 0.5) is 0 Å². The van der Waals surface area contributed by atoms with Gasteiger partial charge in [0.15, 0.2) is 11.5 Å². The standard InChI is InChI=1S/C17H29N3O4S.2ClH/c1-3-23-16-7-6-15(14-17(16)24-4-2)25(21,22)19-8-5-11-20-12-9-18-10-13-20;;/h6-7,14,18-19H,3-5,8-13H2,1-2H3;2*1H. The van der Waals surface area contributed by atoms with E-state index in [-0.39, 0.29) is 29.7 Å². The van der Waals surface area contributed by atoms with E-state index >= 15 is 0 Å². The van der Waals surface area contributed by atoms with Gasteiger partial charge in [0, 0.05) is 38.8 Å². The number of rotatable bonds is 10. The quantitative estimate of drug-likeness (QED) is 0.537. The van der Waals surface area contributed by atoms with Crippen molar-refractivity contribution in [1.29, 1.82) is 0 Å². The molecule has 0 atom stereocenters. The molecule has 1 aliphatic heterocycles. The van der Waals surface area contributed by atoms with Gasteiger partial charge in [-0.25, -0.2) is 13.1 Å². The molecule has 0 radical (unpaired) electrons. The van der Waals surface area contributed by atoms with Gasteiger partial charge >= 0.3 is 0 Å². The molecule has 0 amide bonds. The fourth-order valence-electron chi connectivity index (χ4n) is 2.73. The van der Waals surface area contributed by atoms with Gasteiger partial charge in [0.1, 0.15) is 0 Å². The minimum atomic E-state index is -3.55. The van der Waals surface area contributed by atoms with Crippen molar-refractivity contribution in [1.82, 2.24) is 14.9 Å². The van der Waals surface area contributed by atoms with E-state index in [2.05, 4.69) is 14.9 Å². The summed E-state index contributed by atoms with van der Waals surface area (Å²) in [5.74, 6) is 1.01. The number of sulfonamides is 1. The van der Waals surface area contributed by atoms with Gasteiger partial charge in [-0.15, -0.1) is 24.8 Å². The Morgan fingerprint density at radius 3 is 2.33 bits per heavy atom. The van der Waals surface area contributed by atoms with Crippen LogP contribution < -0.4 is 19.5 Å². The van der Waals surface area contributed by atoms with Crippen LogP contribution in [0, 0.1) is 0 Å². The van der Waals surface area contributed by atoms with E-state index < -0.39 is 10.0 Å². The zero-order valence-corrected chi connectivity index (χ0v) is 18.4. The molecule has 1 aromatic carbocycles. The van der Waals surface area contributed by atoms with Crippen LogP contribution >= 0.6 is 24.8 Å². The van der Waals surface area contributed by atoms with Crippen LogP contribution in [0.2, 0.25) is 0 Å². The van der Waals surface area contributed by atoms with Crippen LogP contribution in [-0.2, 0) is 10.0 Å². The molecule has 1 saturated heterocycles. The summed E-state index contributed by atoms with van der Waals surface area (Å²) in [5.41, 5.74) is 0. The highest BCUT2D eigenvalue weighted by Crippen LogP contribution is 2.30. The Balaban J connectivity index is 0.00000338. The molecule has 1 heterocycles. The molecule has 1 fully saturated rings. The summed E-state index contributed by atoms with van der Waals surface area (Å²) in [6.45, 7) is 10.0. The van der Waals surface area contributed by atoms with Gasteiger partial charge < -0.3 is 19.7 Å². The second-order valence-corrected chi connectivity index (χ2v) is 7.58. The maximum absolute atomic E-state index is 12.5. The number of ether oxygens (including phenoxy) is 2. The Bertz CT molecular complexity index is 641. The van der Waals surface area contributed by atoms with Gasteiger partial charge in [-0.05, 0) is 38.9 Å². The van der Waals surface area contributed by atoms with E-state index in [1.165, 1.54) is 6.07 Å². The summed E-state index contributed by atoms with van der Waals surface area (Å²) >= 11 is 0. The molecule has 0 aromatic heterocycles. The maximum Gasteiger partial charge on any atom is 0.240 e. The number of nitrogens with one attached hydrogen (secondary N) is 2.